The molecule has 1 rings (SSSR count). The molecule has 2 N–H and O–H groups in total. The van der Waals surface area contributed by atoms with Gasteiger partial charge in [-0.25, -0.2) is 0 Å². The van der Waals surface area contributed by atoms with E-state index in [1.54, 1.807) is 0 Å². The molecule has 0 aromatic rings. The molecule has 0 amide bonds. The maximum absolute atomic E-state index is 12.1. The van der Waals surface area contributed by atoms with Crippen LogP contribution in [0, 0.1) is 0 Å². The molecule has 0 spiro atoms. The Labute approximate surface area is 64.2 Å². The van der Waals surface area contributed by atoms with Crippen LogP contribution in [0.3, 0.4) is 0 Å². The molecular formula is C6H12BF3N-. The zero-order chi connectivity index (χ0) is 8.48. The number of halogens is 3. The average molecular weight is 166 g/mol. The highest BCUT2D eigenvalue weighted by atomic mass is 19.4. The number of hydrogen-bond acceptors (Lipinski definition) is 1. The lowest BCUT2D eigenvalue weighted by Gasteiger charge is -2.32. The predicted molar refractivity (Wildman–Crippen MR) is 39.3 cm³/mol. The highest BCUT2D eigenvalue weighted by Crippen LogP contribution is 2.38. The van der Waals surface area contributed by atoms with Gasteiger partial charge < -0.3 is 18.7 Å². The molecule has 0 saturated heterocycles. The smallest absolute Gasteiger partial charge is 0.449 e. The van der Waals surface area contributed by atoms with E-state index in [0.717, 1.165) is 0 Å². The third-order valence-corrected chi connectivity index (χ3v) is 2.35. The van der Waals surface area contributed by atoms with Crippen LogP contribution in [0.4, 0.5) is 12.9 Å². The Hall–Kier alpha value is -0.185. The van der Waals surface area contributed by atoms with E-state index >= 15 is 0 Å². The summed E-state index contributed by atoms with van der Waals surface area (Å²) >= 11 is 0. The average Bonchev–Trinajstić information content (AvgIpc) is 1.86. The fourth-order valence-electron chi connectivity index (χ4n) is 1.52. The second-order valence-electron chi connectivity index (χ2n) is 3.30. The van der Waals surface area contributed by atoms with Gasteiger partial charge in [-0.2, -0.15) is 0 Å². The van der Waals surface area contributed by atoms with Gasteiger partial charge in [0.05, 0.1) is 0 Å². The molecular weight excluding hydrogens is 154 g/mol. The van der Waals surface area contributed by atoms with Crippen molar-refractivity contribution in [2.45, 2.75) is 37.5 Å². The molecule has 0 aliphatic heterocycles. The zero-order valence-electron chi connectivity index (χ0n) is 6.27. The van der Waals surface area contributed by atoms with Crippen molar-refractivity contribution in [1.29, 1.82) is 0 Å². The lowest BCUT2D eigenvalue weighted by atomic mass is 9.64. The summed E-state index contributed by atoms with van der Waals surface area (Å²) in [5.74, 6) is -1.03. The first-order chi connectivity index (χ1) is 5.00. The molecule has 5 heteroatoms. The summed E-state index contributed by atoms with van der Waals surface area (Å²) < 4.78 is 36.3. The maximum Gasteiger partial charge on any atom is 0.481 e. The Morgan fingerprint density at radius 3 is 1.82 bits per heavy atom. The van der Waals surface area contributed by atoms with Crippen LogP contribution in [0.5, 0.6) is 0 Å². The van der Waals surface area contributed by atoms with E-state index in [0.29, 0.717) is 12.8 Å². The minimum atomic E-state index is -4.60. The minimum absolute atomic E-state index is 0.00407. The Kier molecular flexibility index (Phi) is 2.47. The molecule has 0 heterocycles. The quantitative estimate of drug-likeness (QED) is 0.593. The van der Waals surface area contributed by atoms with Gasteiger partial charge in [0.15, 0.2) is 0 Å². The van der Waals surface area contributed by atoms with E-state index in [9.17, 15) is 12.9 Å². The van der Waals surface area contributed by atoms with Crippen molar-refractivity contribution in [3.63, 3.8) is 0 Å². The summed E-state index contributed by atoms with van der Waals surface area (Å²) in [7, 11) is 0. The van der Waals surface area contributed by atoms with E-state index in [1.165, 1.54) is 0 Å². The van der Waals surface area contributed by atoms with Gasteiger partial charge >= 0.3 is 6.98 Å². The highest BCUT2D eigenvalue weighted by molar-refractivity contribution is 6.60. The first-order valence-electron chi connectivity index (χ1n) is 3.95. The van der Waals surface area contributed by atoms with Gasteiger partial charge in [-0.1, -0.05) is 18.7 Å². The lowest BCUT2D eigenvalue weighted by Crippen LogP contribution is -2.32. The summed E-state index contributed by atoms with van der Waals surface area (Å²) in [6.07, 6.45) is 1.55. The minimum Gasteiger partial charge on any atom is -0.449 e. The Morgan fingerprint density at radius 1 is 1.00 bits per heavy atom. The number of nitrogens with two attached hydrogens (primary N) is 1. The van der Waals surface area contributed by atoms with Crippen LogP contribution in [-0.4, -0.2) is 13.0 Å². The maximum atomic E-state index is 12.1. The van der Waals surface area contributed by atoms with Gasteiger partial charge in [0.25, 0.3) is 0 Å². The van der Waals surface area contributed by atoms with Crippen LogP contribution < -0.4 is 5.73 Å². The fourth-order valence-corrected chi connectivity index (χ4v) is 1.52. The van der Waals surface area contributed by atoms with Crippen LogP contribution in [0.2, 0.25) is 5.82 Å². The zero-order valence-corrected chi connectivity index (χ0v) is 6.27. The largest absolute Gasteiger partial charge is 0.481 e. The van der Waals surface area contributed by atoms with Gasteiger partial charge in [-0.05, 0) is 12.8 Å². The van der Waals surface area contributed by atoms with E-state index in [1.807, 2.05) is 0 Å². The summed E-state index contributed by atoms with van der Waals surface area (Å²) in [5.41, 5.74) is 5.48. The third kappa shape index (κ3) is 2.40. The first kappa shape index (κ1) is 8.91. The van der Waals surface area contributed by atoms with Crippen molar-refractivity contribution < 1.29 is 12.9 Å². The van der Waals surface area contributed by atoms with Crippen LogP contribution in [0.25, 0.3) is 0 Å². The van der Waals surface area contributed by atoms with Crippen molar-refractivity contribution in [2.75, 3.05) is 0 Å². The molecule has 0 atom stereocenters. The summed E-state index contributed by atoms with van der Waals surface area (Å²) in [6.45, 7) is -4.60. The van der Waals surface area contributed by atoms with Crippen LogP contribution >= 0.6 is 0 Å². The molecule has 11 heavy (non-hydrogen) atoms. The fraction of sp³-hybridized carbons (Fsp3) is 1.00. The number of rotatable bonds is 1. The van der Waals surface area contributed by atoms with Gasteiger partial charge in [-0.3, -0.25) is 0 Å². The molecule has 1 fully saturated rings. The van der Waals surface area contributed by atoms with Crippen molar-refractivity contribution in [3.8, 4) is 0 Å². The molecule has 1 aliphatic carbocycles. The molecule has 0 unspecified atom stereocenters. The number of hydrogen-bond donors (Lipinski definition) is 1. The van der Waals surface area contributed by atoms with E-state index in [-0.39, 0.29) is 18.9 Å². The topological polar surface area (TPSA) is 26.0 Å². The summed E-state index contributed by atoms with van der Waals surface area (Å²) in [4.78, 5) is 0. The highest BCUT2D eigenvalue weighted by Gasteiger charge is 2.36. The van der Waals surface area contributed by atoms with Crippen molar-refractivity contribution in [2.24, 2.45) is 5.73 Å². The van der Waals surface area contributed by atoms with Crippen molar-refractivity contribution >= 4 is 6.98 Å². The Bertz CT molecular complexity index is 128. The normalized spacial score (nSPS) is 33.8. The molecule has 1 saturated carbocycles. The van der Waals surface area contributed by atoms with Gasteiger partial charge in [-0.15, -0.1) is 0 Å². The monoisotopic (exact) mass is 166 g/mol. The summed E-state index contributed by atoms with van der Waals surface area (Å²) in [6, 6.07) is 0.00407. The lowest BCUT2D eigenvalue weighted by molar-refractivity contribution is 0.354. The van der Waals surface area contributed by atoms with Crippen LogP contribution in [-0.2, 0) is 0 Å². The van der Waals surface area contributed by atoms with Gasteiger partial charge in [0.1, 0.15) is 0 Å². The molecule has 0 bridgehead atoms. The second-order valence-corrected chi connectivity index (χ2v) is 3.30. The molecule has 0 aromatic carbocycles. The predicted octanol–water partition coefficient (Wildman–Crippen LogP) is 2.11. The van der Waals surface area contributed by atoms with Gasteiger partial charge in [0.2, 0.25) is 0 Å². The van der Waals surface area contributed by atoms with E-state index in [2.05, 4.69) is 0 Å². The Morgan fingerprint density at radius 2 is 1.45 bits per heavy atom. The van der Waals surface area contributed by atoms with Crippen LogP contribution in [0.15, 0.2) is 0 Å². The second kappa shape index (κ2) is 3.05. The van der Waals surface area contributed by atoms with Crippen molar-refractivity contribution in [3.05, 3.63) is 0 Å². The molecule has 0 radical (unpaired) electrons. The summed E-state index contributed by atoms with van der Waals surface area (Å²) in [5, 5.41) is 0. The molecule has 1 aliphatic rings. The van der Waals surface area contributed by atoms with Crippen LogP contribution in [0.1, 0.15) is 25.7 Å². The van der Waals surface area contributed by atoms with Crippen molar-refractivity contribution in [1.82, 2.24) is 0 Å². The third-order valence-electron chi connectivity index (χ3n) is 2.35. The van der Waals surface area contributed by atoms with E-state index < -0.39 is 12.8 Å². The first-order valence-corrected chi connectivity index (χ1v) is 3.95. The van der Waals surface area contributed by atoms with Gasteiger partial charge in [0, 0.05) is 6.04 Å². The Balaban J connectivity index is 2.39. The molecule has 1 nitrogen and oxygen atoms in total. The SMILES string of the molecule is NC1CCC([B-](F)(F)F)CC1. The molecule has 0 aromatic heterocycles. The standard InChI is InChI=1S/C6H12BF3N/c8-7(9,10)5-1-3-6(11)4-2-5/h5-6H,1-4,11H2/q-1. The molecule has 66 valence electrons. The van der Waals surface area contributed by atoms with E-state index in [4.69, 9.17) is 5.73 Å².